The van der Waals surface area contributed by atoms with Gasteiger partial charge in [-0.3, -0.25) is 0 Å². The van der Waals surface area contributed by atoms with Crippen molar-refractivity contribution in [3.05, 3.63) is 49.1 Å². The molecule has 0 heterocycles. The number of rotatable bonds is 13. The zero-order valence-corrected chi connectivity index (χ0v) is 12.8. The number of unbranched alkanes of at least 4 members (excludes halogenated alkanes) is 9. The van der Waals surface area contributed by atoms with Crippen LogP contribution in [0.25, 0.3) is 0 Å². The highest BCUT2D eigenvalue weighted by atomic mass is 14.0. The van der Waals surface area contributed by atoms with E-state index in [9.17, 15) is 0 Å². The van der Waals surface area contributed by atoms with Gasteiger partial charge in [0.1, 0.15) is 0 Å². The number of hydrogen-bond acceptors (Lipinski definition) is 0. The lowest BCUT2D eigenvalue weighted by Crippen LogP contribution is -1.80. The van der Waals surface area contributed by atoms with Gasteiger partial charge in [-0.05, 0) is 12.8 Å². The molecule has 0 aromatic carbocycles. The summed E-state index contributed by atoms with van der Waals surface area (Å²) in [6, 6.07) is 0. The highest BCUT2D eigenvalue weighted by molar-refractivity contribution is 5.14. The highest BCUT2D eigenvalue weighted by Gasteiger charge is 1.90. The molecule has 0 rings (SSSR count). The minimum Gasteiger partial charge on any atom is -0.0991 e. The van der Waals surface area contributed by atoms with Crippen LogP contribution in [0.4, 0.5) is 0 Å². The van der Waals surface area contributed by atoms with E-state index in [2.05, 4.69) is 31.7 Å². The zero-order chi connectivity index (χ0) is 14.0. The van der Waals surface area contributed by atoms with Crippen molar-refractivity contribution < 1.29 is 0 Å². The van der Waals surface area contributed by atoms with Gasteiger partial charge >= 0.3 is 0 Å². The topological polar surface area (TPSA) is 0 Å². The van der Waals surface area contributed by atoms with Crippen molar-refractivity contribution in [1.82, 2.24) is 0 Å². The van der Waals surface area contributed by atoms with Crippen LogP contribution in [0, 0.1) is 0 Å². The maximum Gasteiger partial charge on any atom is -0.0348 e. The molecule has 0 aliphatic rings. The lowest BCUT2D eigenvalue weighted by Gasteiger charge is -2.00. The number of hydrogen-bond donors (Lipinski definition) is 0. The Morgan fingerprint density at radius 3 is 1.79 bits per heavy atom. The molecule has 0 aliphatic heterocycles. The van der Waals surface area contributed by atoms with Crippen molar-refractivity contribution in [3.63, 3.8) is 0 Å². The van der Waals surface area contributed by atoms with Gasteiger partial charge in [0.2, 0.25) is 0 Å². The fourth-order valence-corrected chi connectivity index (χ4v) is 2.02. The lowest BCUT2D eigenvalue weighted by atomic mass is 10.1. The molecule has 0 unspecified atom stereocenters. The molecular formula is C19H32. The van der Waals surface area contributed by atoms with Crippen LogP contribution in [0.1, 0.15) is 71.1 Å². The molecule has 0 nitrogen and oxygen atoms in total. The Labute approximate surface area is 121 Å². The predicted octanol–water partition coefficient (Wildman–Crippen LogP) is 6.76. The summed E-state index contributed by atoms with van der Waals surface area (Å²) in [7, 11) is 0. The Morgan fingerprint density at radius 2 is 1.16 bits per heavy atom. The van der Waals surface area contributed by atoms with E-state index >= 15 is 0 Å². The van der Waals surface area contributed by atoms with Crippen LogP contribution in [0.15, 0.2) is 49.1 Å². The second-order valence-electron chi connectivity index (χ2n) is 5.05. The average Bonchev–Trinajstić information content (AvgIpc) is 2.43. The van der Waals surface area contributed by atoms with Crippen LogP contribution in [-0.2, 0) is 0 Å². The minimum absolute atomic E-state index is 1.21. The molecule has 0 fully saturated rings. The molecule has 0 aromatic heterocycles. The normalized spacial score (nSPS) is 12.1. The molecule has 0 bridgehead atoms. The quantitative estimate of drug-likeness (QED) is 0.253. The molecule has 0 aliphatic carbocycles. The largest absolute Gasteiger partial charge is 0.0991 e. The van der Waals surface area contributed by atoms with Crippen molar-refractivity contribution in [2.24, 2.45) is 0 Å². The standard InChI is InChI=1S/C19H32/c1-3-5-7-9-11-13-15-17-19-18-16-14-12-10-8-6-4-2/h3,5,7,9,11,13,15H,1,4,6,8,10,12,14,16-19H2,2H3/b7-5+,11-9+,15-13+. The average molecular weight is 260 g/mol. The van der Waals surface area contributed by atoms with Gasteiger partial charge in [0.15, 0.2) is 0 Å². The molecular weight excluding hydrogens is 228 g/mol. The van der Waals surface area contributed by atoms with Crippen LogP contribution in [-0.4, -0.2) is 0 Å². The first kappa shape index (κ1) is 18.0. The molecule has 0 atom stereocenters. The van der Waals surface area contributed by atoms with E-state index in [1.165, 1.54) is 64.2 Å². The van der Waals surface area contributed by atoms with Gasteiger partial charge in [-0.15, -0.1) is 0 Å². The van der Waals surface area contributed by atoms with Crippen LogP contribution in [0.5, 0.6) is 0 Å². The second kappa shape index (κ2) is 17.0. The summed E-state index contributed by atoms with van der Waals surface area (Å²) in [6.07, 6.45) is 28.1. The Balaban J connectivity index is 3.17. The Bertz CT molecular complexity index is 255. The molecule has 0 aromatic rings. The third-order valence-electron chi connectivity index (χ3n) is 3.19. The van der Waals surface area contributed by atoms with E-state index in [4.69, 9.17) is 0 Å². The minimum atomic E-state index is 1.21. The van der Waals surface area contributed by atoms with E-state index in [-0.39, 0.29) is 0 Å². The summed E-state index contributed by atoms with van der Waals surface area (Å²) in [5.41, 5.74) is 0. The van der Waals surface area contributed by atoms with Gasteiger partial charge in [-0.1, -0.05) is 107 Å². The number of allylic oxidation sites excluding steroid dienone is 7. The molecule has 0 heteroatoms. The Hall–Kier alpha value is -1.04. The molecule has 19 heavy (non-hydrogen) atoms. The van der Waals surface area contributed by atoms with Crippen LogP contribution >= 0.6 is 0 Å². The summed E-state index contributed by atoms with van der Waals surface area (Å²) in [5.74, 6) is 0. The zero-order valence-electron chi connectivity index (χ0n) is 12.8. The van der Waals surface area contributed by atoms with Crippen LogP contribution in [0.2, 0.25) is 0 Å². The Kier molecular flexibility index (Phi) is 16.0. The van der Waals surface area contributed by atoms with Gasteiger partial charge in [0, 0.05) is 0 Å². The fraction of sp³-hybridized carbons (Fsp3) is 0.579. The molecule has 0 amide bonds. The summed E-state index contributed by atoms with van der Waals surface area (Å²) >= 11 is 0. The van der Waals surface area contributed by atoms with Crippen molar-refractivity contribution in [3.8, 4) is 0 Å². The van der Waals surface area contributed by atoms with Crippen molar-refractivity contribution in [1.29, 1.82) is 0 Å². The first-order valence-corrected chi connectivity index (χ1v) is 8.02. The summed E-state index contributed by atoms with van der Waals surface area (Å²) in [4.78, 5) is 0. The molecule has 0 spiro atoms. The van der Waals surface area contributed by atoms with Gasteiger partial charge in [-0.25, -0.2) is 0 Å². The first-order chi connectivity index (χ1) is 9.41. The van der Waals surface area contributed by atoms with Crippen molar-refractivity contribution in [2.45, 2.75) is 71.1 Å². The van der Waals surface area contributed by atoms with Crippen molar-refractivity contribution >= 4 is 0 Å². The van der Waals surface area contributed by atoms with Gasteiger partial charge in [0.05, 0.1) is 0 Å². The third kappa shape index (κ3) is 17.0. The maximum atomic E-state index is 3.63. The third-order valence-corrected chi connectivity index (χ3v) is 3.19. The summed E-state index contributed by atoms with van der Waals surface area (Å²) in [5, 5.41) is 0. The van der Waals surface area contributed by atoms with Crippen molar-refractivity contribution in [2.75, 3.05) is 0 Å². The molecule has 0 N–H and O–H groups in total. The van der Waals surface area contributed by atoms with E-state index in [1.54, 1.807) is 6.08 Å². The van der Waals surface area contributed by atoms with E-state index in [0.29, 0.717) is 0 Å². The monoisotopic (exact) mass is 260 g/mol. The second-order valence-corrected chi connectivity index (χ2v) is 5.05. The van der Waals surface area contributed by atoms with Gasteiger partial charge in [0.25, 0.3) is 0 Å². The predicted molar refractivity (Wildman–Crippen MR) is 89.5 cm³/mol. The molecule has 0 saturated carbocycles. The summed E-state index contributed by atoms with van der Waals surface area (Å²) < 4.78 is 0. The highest BCUT2D eigenvalue weighted by Crippen LogP contribution is 2.10. The first-order valence-electron chi connectivity index (χ1n) is 8.02. The lowest BCUT2D eigenvalue weighted by molar-refractivity contribution is 0.566. The molecule has 0 radical (unpaired) electrons. The van der Waals surface area contributed by atoms with E-state index in [0.717, 1.165) is 0 Å². The fourth-order valence-electron chi connectivity index (χ4n) is 2.02. The van der Waals surface area contributed by atoms with Gasteiger partial charge in [-0.2, -0.15) is 0 Å². The molecule has 0 saturated heterocycles. The Morgan fingerprint density at radius 1 is 0.632 bits per heavy atom. The SMILES string of the molecule is C=C/C=C/C=C/C=C/CCCCCCCCCCC. The molecule has 108 valence electrons. The maximum absolute atomic E-state index is 3.63. The van der Waals surface area contributed by atoms with E-state index < -0.39 is 0 Å². The van der Waals surface area contributed by atoms with Crippen LogP contribution < -0.4 is 0 Å². The van der Waals surface area contributed by atoms with Gasteiger partial charge < -0.3 is 0 Å². The van der Waals surface area contributed by atoms with Crippen LogP contribution in [0.3, 0.4) is 0 Å². The summed E-state index contributed by atoms with van der Waals surface area (Å²) in [6.45, 7) is 5.90. The van der Waals surface area contributed by atoms with E-state index in [1.807, 2.05) is 18.2 Å². The smallest absolute Gasteiger partial charge is 0.0348 e.